The van der Waals surface area contributed by atoms with Crippen molar-refractivity contribution in [3.05, 3.63) is 23.8 Å². The molecule has 0 saturated carbocycles. The van der Waals surface area contributed by atoms with Crippen LogP contribution in [-0.4, -0.2) is 36.7 Å². The van der Waals surface area contributed by atoms with Gasteiger partial charge in [0.15, 0.2) is 6.61 Å². The summed E-state index contributed by atoms with van der Waals surface area (Å²) in [6.45, 7) is 1.56. The van der Waals surface area contributed by atoms with Crippen LogP contribution < -0.4 is 9.64 Å². The van der Waals surface area contributed by atoms with Crippen molar-refractivity contribution in [1.82, 2.24) is 0 Å². The number of anilines is 1. The van der Waals surface area contributed by atoms with E-state index in [9.17, 15) is 9.59 Å². The van der Waals surface area contributed by atoms with Gasteiger partial charge in [0.1, 0.15) is 12.3 Å². The fourth-order valence-corrected chi connectivity index (χ4v) is 1.86. The number of carbonyl (C=O) groups is 2. The molecular formula is C13H15NO5. The molecule has 0 aliphatic carbocycles. The highest BCUT2D eigenvalue weighted by Gasteiger charge is 2.27. The van der Waals surface area contributed by atoms with Crippen LogP contribution in [0.4, 0.5) is 5.69 Å². The molecule has 0 radical (unpaired) electrons. The minimum Gasteiger partial charge on any atom is -0.482 e. The Balaban J connectivity index is 2.28. The topological polar surface area (TPSA) is 76.1 Å². The lowest BCUT2D eigenvalue weighted by Gasteiger charge is -2.28. The molecule has 1 heterocycles. The third kappa shape index (κ3) is 2.85. The van der Waals surface area contributed by atoms with Gasteiger partial charge in [0.25, 0.3) is 5.91 Å². The number of esters is 1. The minimum absolute atomic E-state index is 0.106. The van der Waals surface area contributed by atoms with E-state index >= 15 is 0 Å². The van der Waals surface area contributed by atoms with Crippen molar-refractivity contribution in [2.24, 2.45) is 0 Å². The van der Waals surface area contributed by atoms with Gasteiger partial charge in [0.05, 0.1) is 18.9 Å². The summed E-state index contributed by atoms with van der Waals surface area (Å²) < 4.78 is 10.1. The van der Waals surface area contributed by atoms with E-state index in [4.69, 9.17) is 14.6 Å². The Labute approximate surface area is 110 Å². The van der Waals surface area contributed by atoms with Gasteiger partial charge in [0.2, 0.25) is 0 Å². The molecule has 102 valence electrons. The second-order valence-electron chi connectivity index (χ2n) is 4.03. The predicted octanol–water partition coefficient (Wildman–Crippen LogP) is 0.467. The van der Waals surface area contributed by atoms with Gasteiger partial charge in [-0.15, -0.1) is 0 Å². The summed E-state index contributed by atoms with van der Waals surface area (Å²) in [4.78, 5) is 24.7. The number of rotatable bonds is 4. The highest BCUT2D eigenvalue weighted by atomic mass is 16.5. The molecule has 0 aromatic heterocycles. The number of hydrogen-bond donors (Lipinski definition) is 1. The van der Waals surface area contributed by atoms with E-state index in [1.54, 1.807) is 25.1 Å². The Morgan fingerprint density at radius 1 is 1.53 bits per heavy atom. The third-order valence-corrected chi connectivity index (χ3v) is 2.74. The predicted molar refractivity (Wildman–Crippen MR) is 66.8 cm³/mol. The monoisotopic (exact) mass is 265 g/mol. The quantitative estimate of drug-likeness (QED) is 0.801. The van der Waals surface area contributed by atoms with Gasteiger partial charge in [-0.3, -0.25) is 14.5 Å². The van der Waals surface area contributed by atoms with Crippen LogP contribution in [0.3, 0.4) is 0 Å². The van der Waals surface area contributed by atoms with E-state index in [1.807, 2.05) is 0 Å². The first-order valence-electron chi connectivity index (χ1n) is 5.98. The molecule has 0 fully saturated rings. The molecule has 2 rings (SSSR count). The third-order valence-electron chi connectivity index (χ3n) is 2.74. The molecule has 1 aliphatic rings. The van der Waals surface area contributed by atoms with Gasteiger partial charge >= 0.3 is 5.97 Å². The highest BCUT2D eigenvalue weighted by molar-refractivity contribution is 6.01. The molecule has 6 nitrogen and oxygen atoms in total. The first-order valence-corrected chi connectivity index (χ1v) is 5.98. The Kier molecular flexibility index (Phi) is 4.01. The van der Waals surface area contributed by atoms with Crippen molar-refractivity contribution in [3.8, 4) is 5.75 Å². The number of fused-ring (bicyclic) bond motifs is 1. The Morgan fingerprint density at radius 2 is 2.32 bits per heavy atom. The summed E-state index contributed by atoms with van der Waals surface area (Å²) in [6.07, 6.45) is 0. The molecule has 19 heavy (non-hydrogen) atoms. The van der Waals surface area contributed by atoms with Crippen molar-refractivity contribution < 1.29 is 24.2 Å². The average Bonchev–Trinajstić information content (AvgIpc) is 2.42. The first-order chi connectivity index (χ1) is 9.15. The lowest BCUT2D eigenvalue weighted by atomic mass is 10.1. The number of carbonyl (C=O) groups excluding carboxylic acids is 2. The SMILES string of the molecule is CCOC(=O)CN1C(=O)COc2ccc(CO)cc21. The normalized spacial score (nSPS) is 13.8. The largest absolute Gasteiger partial charge is 0.482 e. The summed E-state index contributed by atoms with van der Waals surface area (Å²) in [7, 11) is 0. The number of aliphatic hydroxyl groups is 1. The van der Waals surface area contributed by atoms with Crippen LogP contribution in [0.15, 0.2) is 18.2 Å². The van der Waals surface area contributed by atoms with Gasteiger partial charge in [0, 0.05) is 0 Å². The number of ether oxygens (including phenoxy) is 2. The zero-order valence-electron chi connectivity index (χ0n) is 10.6. The first kappa shape index (κ1) is 13.4. The average molecular weight is 265 g/mol. The Morgan fingerprint density at radius 3 is 3.00 bits per heavy atom. The maximum atomic E-state index is 11.8. The van der Waals surface area contributed by atoms with E-state index in [0.29, 0.717) is 17.0 Å². The van der Waals surface area contributed by atoms with Crippen molar-refractivity contribution in [3.63, 3.8) is 0 Å². The van der Waals surface area contributed by atoms with Gasteiger partial charge in [-0.1, -0.05) is 6.07 Å². The number of benzene rings is 1. The fourth-order valence-electron chi connectivity index (χ4n) is 1.86. The van der Waals surface area contributed by atoms with Crippen LogP contribution in [0.2, 0.25) is 0 Å². The molecule has 6 heteroatoms. The Hall–Kier alpha value is -2.08. The van der Waals surface area contributed by atoms with E-state index in [1.165, 1.54) is 4.90 Å². The lowest BCUT2D eigenvalue weighted by Crippen LogP contribution is -2.42. The molecule has 0 spiro atoms. The summed E-state index contributed by atoms with van der Waals surface area (Å²) in [5.74, 6) is -0.269. The molecule has 0 saturated heterocycles. The van der Waals surface area contributed by atoms with Gasteiger partial charge in [-0.05, 0) is 24.6 Å². The number of aliphatic hydroxyl groups excluding tert-OH is 1. The zero-order chi connectivity index (χ0) is 13.8. The number of amides is 1. The summed E-state index contributed by atoms with van der Waals surface area (Å²) in [6, 6.07) is 5.01. The summed E-state index contributed by atoms with van der Waals surface area (Å²) in [5.41, 5.74) is 1.13. The molecule has 1 aliphatic heterocycles. The molecule has 1 aromatic rings. The van der Waals surface area contributed by atoms with Crippen molar-refractivity contribution in [1.29, 1.82) is 0 Å². The summed E-state index contributed by atoms with van der Waals surface area (Å²) >= 11 is 0. The molecule has 1 amide bonds. The maximum Gasteiger partial charge on any atom is 0.326 e. The summed E-state index contributed by atoms with van der Waals surface area (Å²) in [5, 5.41) is 9.12. The lowest BCUT2D eigenvalue weighted by molar-refractivity contribution is -0.142. The smallest absolute Gasteiger partial charge is 0.326 e. The van der Waals surface area contributed by atoms with Crippen LogP contribution in [-0.2, 0) is 20.9 Å². The standard InChI is InChI=1S/C13H15NO5/c1-2-18-13(17)6-14-10-5-9(7-15)3-4-11(10)19-8-12(14)16/h3-5,15H,2,6-8H2,1H3. The second-order valence-corrected chi connectivity index (χ2v) is 4.03. The van der Waals surface area contributed by atoms with Crippen LogP contribution in [0, 0.1) is 0 Å². The number of hydrogen-bond acceptors (Lipinski definition) is 5. The molecule has 1 N–H and O–H groups in total. The van der Waals surface area contributed by atoms with E-state index in [2.05, 4.69) is 0 Å². The number of nitrogens with zero attached hydrogens (tertiary/aromatic N) is 1. The minimum atomic E-state index is -0.474. The van der Waals surface area contributed by atoms with Crippen LogP contribution in [0.5, 0.6) is 5.75 Å². The van der Waals surface area contributed by atoms with Gasteiger partial charge < -0.3 is 14.6 Å². The zero-order valence-corrected chi connectivity index (χ0v) is 10.6. The maximum absolute atomic E-state index is 11.8. The molecule has 0 atom stereocenters. The highest BCUT2D eigenvalue weighted by Crippen LogP contribution is 2.32. The van der Waals surface area contributed by atoms with Crippen LogP contribution in [0.25, 0.3) is 0 Å². The van der Waals surface area contributed by atoms with Crippen molar-refractivity contribution in [2.75, 3.05) is 24.7 Å². The van der Waals surface area contributed by atoms with Crippen LogP contribution >= 0.6 is 0 Å². The molecule has 0 bridgehead atoms. The van der Waals surface area contributed by atoms with Crippen LogP contribution in [0.1, 0.15) is 12.5 Å². The molecular weight excluding hydrogens is 250 g/mol. The second kappa shape index (κ2) is 5.71. The van der Waals surface area contributed by atoms with Gasteiger partial charge in [-0.2, -0.15) is 0 Å². The fraction of sp³-hybridized carbons (Fsp3) is 0.385. The molecule has 0 unspecified atom stereocenters. The van der Waals surface area contributed by atoms with Crippen molar-refractivity contribution >= 4 is 17.6 Å². The van der Waals surface area contributed by atoms with E-state index in [0.717, 1.165) is 0 Å². The van der Waals surface area contributed by atoms with Gasteiger partial charge in [-0.25, -0.2) is 0 Å². The molecule has 1 aromatic carbocycles. The van der Waals surface area contributed by atoms with E-state index in [-0.39, 0.29) is 32.3 Å². The Bertz CT molecular complexity index is 500. The van der Waals surface area contributed by atoms with E-state index < -0.39 is 5.97 Å². The van der Waals surface area contributed by atoms with Crippen molar-refractivity contribution in [2.45, 2.75) is 13.5 Å².